The van der Waals surface area contributed by atoms with E-state index >= 15 is 0 Å². The highest BCUT2D eigenvalue weighted by atomic mass is 16.6. The van der Waals surface area contributed by atoms with Crippen LogP contribution < -0.4 is 10.9 Å². The molecule has 0 unspecified atom stereocenters. The topological polar surface area (TPSA) is 84.3 Å². The number of carbonyl (C=O) groups excluding carboxylic acids is 1. The van der Waals surface area contributed by atoms with Gasteiger partial charge in [0.05, 0.1) is 10.6 Å². The minimum absolute atomic E-state index is 0.00505. The van der Waals surface area contributed by atoms with Crippen molar-refractivity contribution in [1.82, 2.24) is 5.43 Å². The highest BCUT2D eigenvalue weighted by Gasteiger charge is 2.11. The molecule has 6 heteroatoms. The second kappa shape index (κ2) is 3.41. The number of non-ortho nitro benzene ring substituents is 1. The lowest BCUT2D eigenvalue weighted by molar-refractivity contribution is -0.384. The Bertz CT molecular complexity index is 468. The summed E-state index contributed by atoms with van der Waals surface area (Å²) >= 11 is 0. The molecule has 0 radical (unpaired) electrons. The average molecular weight is 205 g/mol. The molecule has 0 fully saturated rings. The van der Waals surface area contributed by atoms with E-state index in [0.717, 1.165) is 0 Å². The molecule has 0 atom stereocenters. The van der Waals surface area contributed by atoms with Crippen LogP contribution in [-0.2, 0) is 4.79 Å². The molecule has 1 aliphatic heterocycles. The van der Waals surface area contributed by atoms with Crippen molar-refractivity contribution < 1.29 is 9.72 Å². The lowest BCUT2D eigenvalue weighted by atomic mass is 10.1. The third-order valence-electron chi connectivity index (χ3n) is 1.98. The number of benzene rings is 1. The summed E-state index contributed by atoms with van der Waals surface area (Å²) in [5, 5.41) is 10.5. The van der Waals surface area contributed by atoms with E-state index in [-0.39, 0.29) is 11.6 Å². The fourth-order valence-electron chi connectivity index (χ4n) is 1.25. The monoisotopic (exact) mass is 205 g/mol. The van der Waals surface area contributed by atoms with Gasteiger partial charge in [0.25, 0.3) is 11.6 Å². The number of carbonyl (C=O) groups is 1. The van der Waals surface area contributed by atoms with Gasteiger partial charge in [0.1, 0.15) is 0 Å². The van der Waals surface area contributed by atoms with Crippen LogP contribution in [0.5, 0.6) is 0 Å². The molecule has 1 aromatic carbocycles. The number of nitro benzene ring substituents is 1. The minimum atomic E-state index is -0.478. The third-order valence-corrected chi connectivity index (χ3v) is 1.98. The Hall–Kier alpha value is -2.37. The van der Waals surface area contributed by atoms with E-state index in [0.29, 0.717) is 11.3 Å². The molecule has 0 aromatic heterocycles. The number of nitrogens with one attached hydrogen (secondary N) is 2. The Kier molecular flexibility index (Phi) is 2.09. The SMILES string of the molecule is O=C1C=Cc2cc([N+](=O)[O-])ccc2NN1. The molecule has 2 N–H and O–H groups in total. The third kappa shape index (κ3) is 1.78. The molecule has 6 nitrogen and oxygen atoms in total. The van der Waals surface area contributed by atoms with E-state index in [9.17, 15) is 14.9 Å². The first-order valence-electron chi connectivity index (χ1n) is 4.19. The van der Waals surface area contributed by atoms with Gasteiger partial charge in [0.15, 0.2) is 0 Å². The molecular weight excluding hydrogens is 198 g/mol. The summed E-state index contributed by atoms with van der Waals surface area (Å²) < 4.78 is 0. The predicted molar refractivity (Wildman–Crippen MR) is 53.9 cm³/mol. The van der Waals surface area contributed by atoms with Crippen LogP contribution in [0, 0.1) is 10.1 Å². The number of hydrogen-bond donors (Lipinski definition) is 2. The number of nitro groups is 1. The summed E-state index contributed by atoms with van der Waals surface area (Å²) in [5.74, 6) is -0.297. The molecule has 0 spiro atoms. The van der Waals surface area contributed by atoms with Crippen molar-refractivity contribution in [2.24, 2.45) is 0 Å². The van der Waals surface area contributed by atoms with Gasteiger partial charge in [-0.05, 0) is 12.1 Å². The van der Waals surface area contributed by atoms with E-state index in [2.05, 4.69) is 10.9 Å². The van der Waals surface area contributed by atoms with Gasteiger partial charge in [-0.1, -0.05) is 0 Å². The van der Waals surface area contributed by atoms with Gasteiger partial charge in [0, 0.05) is 23.8 Å². The van der Waals surface area contributed by atoms with Gasteiger partial charge >= 0.3 is 0 Å². The first kappa shape index (κ1) is 9.20. The van der Waals surface area contributed by atoms with Crippen LogP contribution in [-0.4, -0.2) is 10.8 Å². The number of rotatable bonds is 1. The maximum absolute atomic E-state index is 11.0. The zero-order chi connectivity index (χ0) is 10.8. The van der Waals surface area contributed by atoms with E-state index in [1.807, 2.05) is 0 Å². The maximum Gasteiger partial charge on any atom is 0.270 e. The quantitative estimate of drug-likeness (QED) is 0.530. The van der Waals surface area contributed by atoms with Gasteiger partial charge < -0.3 is 0 Å². The molecule has 0 aliphatic carbocycles. The Morgan fingerprint density at radius 3 is 2.73 bits per heavy atom. The summed E-state index contributed by atoms with van der Waals surface area (Å²) in [7, 11) is 0. The fourth-order valence-corrected chi connectivity index (χ4v) is 1.25. The summed E-state index contributed by atoms with van der Waals surface area (Å²) in [6, 6.07) is 4.32. The van der Waals surface area contributed by atoms with Crippen molar-refractivity contribution in [3.63, 3.8) is 0 Å². The Morgan fingerprint density at radius 1 is 1.20 bits per heavy atom. The lowest BCUT2D eigenvalue weighted by Crippen LogP contribution is -2.26. The largest absolute Gasteiger partial charge is 0.298 e. The van der Waals surface area contributed by atoms with E-state index in [1.54, 1.807) is 6.07 Å². The number of nitrogens with zero attached hydrogens (tertiary/aromatic N) is 1. The smallest absolute Gasteiger partial charge is 0.270 e. The van der Waals surface area contributed by atoms with E-state index in [1.165, 1.54) is 24.3 Å². The summed E-state index contributed by atoms with van der Waals surface area (Å²) in [6.45, 7) is 0. The highest BCUT2D eigenvalue weighted by molar-refractivity contribution is 5.95. The molecule has 1 heterocycles. The van der Waals surface area contributed by atoms with Crippen molar-refractivity contribution in [1.29, 1.82) is 0 Å². The Labute approximate surface area is 84.7 Å². The molecule has 0 saturated carbocycles. The molecule has 76 valence electrons. The van der Waals surface area contributed by atoms with Crippen molar-refractivity contribution in [3.8, 4) is 0 Å². The second-order valence-electron chi connectivity index (χ2n) is 2.98. The van der Waals surface area contributed by atoms with Crippen LogP contribution in [0.25, 0.3) is 6.08 Å². The first-order chi connectivity index (χ1) is 7.16. The number of amides is 1. The standard InChI is InChI=1S/C9H7N3O3/c13-9-4-1-6-5-7(12(14)15)2-3-8(6)10-11-9/h1-5,10H,(H,11,13). The van der Waals surface area contributed by atoms with Crippen molar-refractivity contribution >= 4 is 23.4 Å². The van der Waals surface area contributed by atoms with Crippen molar-refractivity contribution in [2.45, 2.75) is 0 Å². The van der Waals surface area contributed by atoms with Crippen LogP contribution >= 0.6 is 0 Å². The molecule has 1 amide bonds. The summed E-state index contributed by atoms with van der Waals surface area (Å²) in [6.07, 6.45) is 2.83. The molecule has 0 saturated heterocycles. The number of hydrazine groups is 1. The number of anilines is 1. The first-order valence-corrected chi connectivity index (χ1v) is 4.19. The molecule has 1 aliphatic rings. The molecular formula is C9H7N3O3. The van der Waals surface area contributed by atoms with Crippen molar-refractivity contribution in [2.75, 3.05) is 5.43 Å². The van der Waals surface area contributed by atoms with E-state index < -0.39 is 4.92 Å². The second-order valence-corrected chi connectivity index (χ2v) is 2.98. The van der Waals surface area contributed by atoms with Crippen LogP contribution in [0.4, 0.5) is 11.4 Å². The van der Waals surface area contributed by atoms with Crippen LogP contribution in [0.1, 0.15) is 5.56 Å². The fraction of sp³-hybridized carbons (Fsp3) is 0. The van der Waals surface area contributed by atoms with Crippen LogP contribution in [0.2, 0.25) is 0 Å². The summed E-state index contributed by atoms with van der Waals surface area (Å²) in [5.41, 5.74) is 6.28. The van der Waals surface area contributed by atoms with Gasteiger partial charge in [0.2, 0.25) is 0 Å². The van der Waals surface area contributed by atoms with Gasteiger partial charge in [-0.15, -0.1) is 0 Å². The van der Waals surface area contributed by atoms with Crippen LogP contribution in [0.15, 0.2) is 24.3 Å². The lowest BCUT2D eigenvalue weighted by Gasteiger charge is -2.06. The predicted octanol–water partition coefficient (Wildman–Crippen LogP) is 1.06. The zero-order valence-corrected chi connectivity index (χ0v) is 7.56. The Morgan fingerprint density at radius 2 is 2.00 bits per heavy atom. The van der Waals surface area contributed by atoms with Crippen LogP contribution in [0.3, 0.4) is 0 Å². The summed E-state index contributed by atoms with van der Waals surface area (Å²) in [4.78, 5) is 21.0. The van der Waals surface area contributed by atoms with Gasteiger partial charge in [-0.2, -0.15) is 0 Å². The normalized spacial score (nSPS) is 13.5. The molecule has 2 rings (SSSR count). The number of hydrogen-bond acceptors (Lipinski definition) is 4. The zero-order valence-electron chi connectivity index (χ0n) is 7.56. The van der Waals surface area contributed by atoms with Gasteiger partial charge in [-0.25, -0.2) is 0 Å². The Balaban J connectivity index is 2.46. The maximum atomic E-state index is 11.0. The van der Waals surface area contributed by atoms with Gasteiger partial charge in [-0.3, -0.25) is 25.8 Å². The molecule has 0 bridgehead atoms. The average Bonchev–Trinajstić information content (AvgIpc) is 2.40. The molecule has 1 aromatic rings. The number of fused-ring (bicyclic) bond motifs is 1. The van der Waals surface area contributed by atoms with E-state index in [4.69, 9.17) is 0 Å². The minimum Gasteiger partial charge on any atom is -0.298 e. The highest BCUT2D eigenvalue weighted by Crippen LogP contribution is 2.23. The van der Waals surface area contributed by atoms with Crippen molar-refractivity contribution in [3.05, 3.63) is 40.0 Å². The molecule has 15 heavy (non-hydrogen) atoms.